The van der Waals surface area contributed by atoms with E-state index in [1.807, 2.05) is 0 Å². The zero-order chi connectivity index (χ0) is 21.1. The summed E-state index contributed by atoms with van der Waals surface area (Å²) < 4.78 is 0. The number of likely N-dealkylation sites (N-methyl/N-ethyl adjacent to an activating group) is 1. The quantitative estimate of drug-likeness (QED) is 0.607. The molecular weight excluding hydrogens is 364 g/mol. The summed E-state index contributed by atoms with van der Waals surface area (Å²) in [5, 5.41) is 18.4. The predicted octanol–water partition coefficient (Wildman–Crippen LogP) is 0.0161. The second-order valence-electron chi connectivity index (χ2n) is 7.60. The maximum atomic E-state index is 12.5. The summed E-state index contributed by atoms with van der Waals surface area (Å²) in [7, 11) is 0. The minimum Gasteiger partial charge on any atom is -0.481 e. The molecule has 0 radical (unpaired) electrons. The number of aliphatic carboxylic acids is 2. The molecule has 4 rings (SSSR count). The molecule has 0 aliphatic carbocycles. The molecule has 0 saturated carbocycles. The number of hydrogen-bond donors (Lipinski definition) is 3. The van der Waals surface area contributed by atoms with E-state index in [1.165, 1.54) is 12.8 Å². The summed E-state index contributed by atoms with van der Waals surface area (Å²) in [6.07, 6.45) is 2.53. The molecule has 162 valence electrons. The lowest BCUT2D eigenvalue weighted by atomic mass is 9.97. The minimum absolute atomic E-state index is 0.343. The van der Waals surface area contributed by atoms with E-state index >= 15 is 0 Å². The van der Waals surface area contributed by atoms with Gasteiger partial charge in [-0.25, -0.2) is 0 Å². The molecule has 3 N–H and O–H groups in total. The number of nitrogens with zero attached hydrogens (tertiary/aromatic N) is 3. The van der Waals surface area contributed by atoms with Gasteiger partial charge in [0.05, 0.1) is 6.54 Å². The summed E-state index contributed by atoms with van der Waals surface area (Å²) in [6.45, 7) is 13.4. The van der Waals surface area contributed by atoms with Crippen LogP contribution < -0.4 is 5.32 Å². The van der Waals surface area contributed by atoms with Gasteiger partial charge in [-0.1, -0.05) is 6.92 Å². The van der Waals surface area contributed by atoms with E-state index in [9.17, 15) is 4.79 Å². The Morgan fingerprint density at radius 3 is 1.93 bits per heavy atom. The van der Waals surface area contributed by atoms with Gasteiger partial charge in [-0.2, -0.15) is 0 Å². The summed E-state index contributed by atoms with van der Waals surface area (Å²) in [5.41, 5.74) is 0. The molecule has 4 saturated heterocycles. The van der Waals surface area contributed by atoms with Crippen molar-refractivity contribution in [1.82, 2.24) is 20.0 Å². The van der Waals surface area contributed by atoms with Gasteiger partial charge in [0.25, 0.3) is 11.9 Å². The number of carboxylic acids is 2. The van der Waals surface area contributed by atoms with Gasteiger partial charge in [0.1, 0.15) is 0 Å². The zero-order valence-electron chi connectivity index (χ0n) is 17.4. The predicted molar refractivity (Wildman–Crippen MR) is 106 cm³/mol. The van der Waals surface area contributed by atoms with Crippen LogP contribution in [0, 0.1) is 5.92 Å². The van der Waals surface area contributed by atoms with Gasteiger partial charge in [0, 0.05) is 59.2 Å². The molecule has 1 amide bonds. The monoisotopic (exact) mass is 400 g/mol. The van der Waals surface area contributed by atoms with Crippen LogP contribution in [0.3, 0.4) is 0 Å². The summed E-state index contributed by atoms with van der Waals surface area (Å²) in [4.78, 5) is 37.4. The van der Waals surface area contributed by atoms with Gasteiger partial charge >= 0.3 is 0 Å². The number of piperazine rings is 1. The molecule has 4 aliphatic heterocycles. The SMILES string of the molecule is CC(=O)O.CC(=O)O.CCN1CCN(CC(=O)N2C[C@H]3CC[C@@H](C2)NC3)CC1. The van der Waals surface area contributed by atoms with Crippen molar-refractivity contribution in [1.29, 1.82) is 0 Å². The van der Waals surface area contributed by atoms with Crippen LogP contribution in [0.2, 0.25) is 0 Å². The largest absolute Gasteiger partial charge is 0.481 e. The van der Waals surface area contributed by atoms with Crippen molar-refractivity contribution >= 4 is 17.8 Å². The Morgan fingerprint density at radius 2 is 1.46 bits per heavy atom. The third kappa shape index (κ3) is 10.0. The van der Waals surface area contributed by atoms with E-state index in [0.29, 0.717) is 24.4 Å². The first kappa shape index (κ1) is 24.3. The molecule has 4 aliphatic rings. The van der Waals surface area contributed by atoms with E-state index in [4.69, 9.17) is 19.8 Å². The van der Waals surface area contributed by atoms with Crippen molar-refractivity contribution in [3.05, 3.63) is 0 Å². The molecule has 0 aromatic rings. The maximum absolute atomic E-state index is 12.5. The number of piperidine rings is 1. The van der Waals surface area contributed by atoms with Crippen molar-refractivity contribution in [2.45, 2.75) is 39.7 Å². The summed E-state index contributed by atoms with van der Waals surface area (Å²) in [5.74, 6) is -0.648. The summed E-state index contributed by atoms with van der Waals surface area (Å²) in [6, 6.07) is 0.537. The zero-order valence-corrected chi connectivity index (χ0v) is 17.4. The number of carbonyl (C=O) groups is 3. The van der Waals surface area contributed by atoms with Gasteiger partial charge in [-0.15, -0.1) is 0 Å². The average molecular weight is 401 g/mol. The van der Waals surface area contributed by atoms with Gasteiger partial charge in [-0.05, 0) is 31.8 Å². The van der Waals surface area contributed by atoms with E-state index in [1.54, 1.807) is 0 Å². The first-order chi connectivity index (χ1) is 13.2. The Hall–Kier alpha value is -1.71. The lowest BCUT2D eigenvalue weighted by Crippen LogP contribution is -2.50. The molecule has 4 heterocycles. The second kappa shape index (κ2) is 12.7. The van der Waals surface area contributed by atoms with Crippen molar-refractivity contribution < 1.29 is 24.6 Å². The Morgan fingerprint density at radius 1 is 0.929 bits per heavy atom. The molecule has 0 aromatic carbocycles. The van der Waals surface area contributed by atoms with Crippen molar-refractivity contribution in [3.8, 4) is 0 Å². The Labute approximate surface area is 167 Å². The van der Waals surface area contributed by atoms with E-state index in [-0.39, 0.29) is 0 Å². The van der Waals surface area contributed by atoms with Crippen LogP contribution in [0.15, 0.2) is 0 Å². The molecule has 2 atom stereocenters. The van der Waals surface area contributed by atoms with Crippen LogP contribution in [0.4, 0.5) is 0 Å². The molecule has 9 nitrogen and oxygen atoms in total. The minimum atomic E-state index is -0.833. The number of nitrogens with one attached hydrogen (secondary N) is 1. The normalized spacial score (nSPS) is 24.9. The topological polar surface area (TPSA) is 113 Å². The molecular formula is C19H36N4O5. The first-order valence-electron chi connectivity index (χ1n) is 10.1. The highest BCUT2D eigenvalue weighted by Crippen LogP contribution is 2.21. The molecule has 0 spiro atoms. The first-order valence-corrected chi connectivity index (χ1v) is 10.1. The number of rotatable bonds is 3. The van der Waals surface area contributed by atoms with Crippen LogP contribution in [-0.4, -0.2) is 108 Å². The molecule has 0 unspecified atom stereocenters. The van der Waals surface area contributed by atoms with Gasteiger partial charge < -0.3 is 25.3 Å². The summed E-state index contributed by atoms with van der Waals surface area (Å²) >= 11 is 0. The van der Waals surface area contributed by atoms with Crippen LogP contribution in [0.25, 0.3) is 0 Å². The van der Waals surface area contributed by atoms with Crippen LogP contribution in [-0.2, 0) is 14.4 Å². The molecule has 4 fully saturated rings. The van der Waals surface area contributed by atoms with Crippen LogP contribution in [0.5, 0.6) is 0 Å². The Kier molecular flexibility index (Phi) is 11.0. The second-order valence-corrected chi connectivity index (χ2v) is 7.60. The smallest absolute Gasteiger partial charge is 0.300 e. The van der Waals surface area contributed by atoms with Crippen LogP contribution >= 0.6 is 0 Å². The fourth-order valence-electron chi connectivity index (χ4n) is 3.70. The lowest BCUT2D eigenvalue weighted by molar-refractivity contribution is -0.135. The highest BCUT2D eigenvalue weighted by molar-refractivity contribution is 5.78. The molecule has 9 heteroatoms. The molecule has 0 aromatic heterocycles. The van der Waals surface area contributed by atoms with Gasteiger partial charge in [-0.3, -0.25) is 19.3 Å². The van der Waals surface area contributed by atoms with Gasteiger partial charge in [0.15, 0.2) is 0 Å². The number of hydrogen-bond acceptors (Lipinski definition) is 6. The Bertz CT molecular complexity index is 467. The number of carbonyl (C=O) groups excluding carboxylic acids is 1. The van der Waals surface area contributed by atoms with E-state index in [2.05, 4.69) is 26.9 Å². The standard InChI is InChI=1S/C15H28N4O.2C2H4O2/c1-2-17-5-7-18(8-6-17)12-15(20)19-10-13-3-4-14(11-19)16-9-13;2*1-2(3)4/h13-14,16H,2-12H2,1H3;2*1H3,(H,3,4)/t13-,14-;;/m0../s1. The fourth-order valence-corrected chi connectivity index (χ4v) is 3.70. The lowest BCUT2D eigenvalue weighted by Gasteiger charge is -2.34. The third-order valence-electron chi connectivity index (χ3n) is 5.16. The van der Waals surface area contributed by atoms with Crippen molar-refractivity contribution in [2.24, 2.45) is 5.92 Å². The van der Waals surface area contributed by atoms with E-state index < -0.39 is 11.9 Å². The van der Waals surface area contributed by atoms with Crippen LogP contribution in [0.1, 0.15) is 33.6 Å². The third-order valence-corrected chi connectivity index (χ3v) is 5.16. The van der Waals surface area contributed by atoms with Crippen molar-refractivity contribution in [3.63, 3.8) is 0 Å². The average Bonchev–Trinajstić information content (AvgIpc) is 2.95. The number of fused-ring (bicyclic) bond motifs is 4. The molecule has 2 bridgehead atoms. The number of carboxylic acid groups (broad SMARTS) is 2. The Balaban J connectivity index is 0.000000420. The molecule has 28 heavy (non-hydrogen) atoms. The van der Waals surface area contributed by atoms with Crippen molar-refractivity contribution in [2.75, 3.05) is 58.9 Å². The van der Waals surface area contributed by atoms with Gasteiger partial charge in [0.2, 0.25) is 5.91 Å². The number of amides is 1. The maximum Gasteiger partial charge on any atom is 0.300 e. The highest BCUT2D eigenvalue weighted by atomic mass is 16.4. The fraction of sp³-hybridized carbons (Fsp3) is 0.842. The van der Waals surface area contributed by atoms with E-state index in [0.717, 1.165) is 66.2 Å². The highest BCUT2D eigenvalue weighted by Gasteiger charge is 2.31.